The number of fused-ring (bicyclic) bond motifs is 1. The predicted octanol–water partition coefficient (Wildman–Crippen LogP) is 2.99. The molecular formula is C16H23NO. The van der Waals surface area contributed by atoms with E-state index in [2.05, 4.69) is 50.9 Å². The number of rotatable bonds is 0. The van der Waals surface area contributed by atoms with Crippen LogP contribution >= 0.6 is 0 Å². The first-order chi connectivity index (χ1) is 8.38. The van der Waals surface area contributed by atoms with Crippen LogP contribution in [0.15, 0.2) is 18.2 Å². The molecule has 2 heteroatoms. The molecule has 98 valence electrons. The number of hydrogen-bond acceptors (Lipinski definition) is 2. The molecule has 2 heterocycles. The van der Waals surface area contributed by atoms with Gasteiger partial charge in [-0.1, -0.05) is 32.9 Å². The molecule has 1 spiro atoms. The molecule has 0 amide bonds. The minimum Gasteiger partial charge on any atom is -0.485 e. The number of likely N-dealkylation sites (N-methyl/N-ethyl adjacent to an activating group) is 1. The molecular weight excluding hydrogens is 222 g/mol. The lowest BCUT2D eigenvalue weighted by Gasteiger charge is -2.22. The van der Waals surface area contributed by atoms with Crippen LogP contribution in [-0.4, -0.2) is 30.6 Å². The highest BCUT2D eigenvalue weighted by Crippen LogP contribution is 2.41. The van der Waals surface area contributed by atoms with Crippen molar-refractivity contribution in [2.45, 2.75) is 44.6 Å². The van der Waals surface area contributed by atoms with Gasteiger partial charge in [-0.25, -0.2) is 0 Å². The summed E-state index contributed by atoms with van der Waals surface area (Å²) in [4.78, 5) is 2.37. The van der Waals surface area contributed by atoms with Gasteiger partial charge in [0.25, 0.3) is 0 Å². The van der Waals surface area contributed by atoms with Gasteiger partial charge in [-0.05, 0) is 29.7 Å². The van der Waals surface area contributed by atoms with Crippen LogP contribution in [0.25, 0.3) is 0 Å². The molecule has 18 heavy (non-hydrogen) atoms. The Hall–Kier alpha value is -1.02. The van der Waals surface area contributed by atoms with E-state index in [1.807, 2.05) is 0 Å². The molecule has 1 fully saturated rings. The van der Waals surface area contributed by atoms with Gasteiger partial charge in [0, 0.05) is 25.9 Å². The summed E-state index contributed by atoms with van der Waals surface area (Å²) in [6.07, 6.45) is 2.24. The van der Waals surface area contributed by atoms with Gasteiger partial charge in [-0.2, -0.15) is 0 Å². The zero-order chi connectivity index (χ0) is 13.0. The van der Waals surface area contributed by atoms with E-state index < -0.39 is 0 Å². The second-order valence-electron chi connectivity index (χ2n) is 7.02. The van der Waals surface area contributed by atoms with Crippen LogP contribution < -0.4 is 4.74 Å². The molecule has 1 aromatic carbocycles. The third-order valence-electron chi connectivity index (χ3n) is 4.27. The molecule has 0 radical (unpaired) electrons. The Labute approximate surface area is 110 Å². The lowest BCUT2D eigenvalue weighted by atomic mass is 9.85. The maximum Gasteiger partial charge on any atom is 0.127 e. The number of nitrogens with zero attached hydrogens (tertiary/aromatic N) is 1. The summed E-state index contributed by atoms with van der Waals surface area (Å²) in [5.74, 6) is 1.11. The third kappa shape index (κ3) is 1.93. The van der Waals surface area contributed by atoms with Crippen molar-refractivity contribution in [3.63, 3.8) is 0 Å². The molecule has 0 N–H and O–H groups in total. The fraction of sp³-hybridized carbons (Fsp3) is 0.625. The largest absolute Gasteiger partial charge is 0.485 e. The van der Waals surface area contributed by atoms with Crippen LogP contribution in [0.1, 0.15) is 38.3 Å². The van der Waals surface area contributed by atoms with Crippen molar-refractivity contribution in [1.82, 2.24) is 4.90 Å². The van der Waals surface area contributed by atoms with Crippen molar-refractivity contribution in [3.05, 3.63) is 29.3 Å². The monoisotopic (exact) mass is 245 g/mol. The summed E-state index contributed by atoms with van der Waals surface area (Å²) >= 11 is 0. The molecule has 1 unspecified atom stereocenters. The molecule has 3 rings (SSSR count). The SMILES string of the molecule is CN1CCC2(Cc3cc(C(C)(C)C)ccc3O2)C1. The van der Waals surface area contributed by atoms with Crippen LogP contribution in [0, 0.1) is 0 Å². The average Bonchev–Trinajstić information content (AvgIpc) is 2.79. The Bertz CT molecular complexity index is 474. The molecule has 1 saturated heterocycles. The van der Waals surface area contributed by atoms with Crippen molar-refractivity contribution >= 4 is 0 Å². The van der Waals surface area contributed by atoms with Crippen molar-refractivity contribution in [2.75, 3.05) is 20.1 Å². The van der Waals surface area contributed by atoms with Crippen molar-refractivity contribution < 1.29 is 4.74 Å². The van der Waals surface area contributed by atoms with Gasteiger partial charge >= 0.3 is 0 Å². The Kier molecular flexibility index (Phi) is 2.50. The first-order valence-corrected chi connectivity index (χ1v) is 6.89. The smallest absolute Gasteiger partial charge is 0.127 e. The topological polar surface area (TPSA) is 12.5 Å². The lowest BCUT2D eigenvalue weighted by molar-refractivity contribution is 0.106. The predicted molar refractivity (Wildman–Crippen MR) is 74.3 cm³/mol. The summed E-state index contributed by atoms with van der Waals surface area (Å²) in [5.41, 5.74) is 3.09. The van der Waals surface area contributed by atoms with Crippen LogP contribution in [-0.2, 0) is 11.8 Å². The highest BCUT2D eigenvalue weighted by molar-refractivity contribution is 5.44. The standard InChI is InChI=1S/C16H23NO/c1-15(2,3)13-5-6-14-12(9-13)10-16(18-14)7-8-17(4)11-16/h5-6,9H,7-8,10-11H2,1-4H3. The van der Waals surface area contributed by atoms with Gasteiger partial charge < -0.3 is 9.64 Å². The molecule has 0 saturated carbocycles. The minimum atomic E-state index is 0.0631. The van der Waals surface area contributed by atoms with E-state index >= 15 is 0 Å². The van der Waals surface area contributed by atoms with Crippen molar-refractivity contribution in [3.8, 4) is 5.75 Å². The van der Waals surface area contributed by atoms with Gasteiger partial charge in [-0.15, -0.1) is 0 Å². The van der Waals surface area contributed by atoms with E-state index in [9.17, 15) is 0 Å². The zero-order valence-corrected chi connectivity index (χ0v) is 11.9. The number of benzene rings is 1. The fourth-order valence-corrected chi connectivity index (χ4v) is 3.17. The second-order valence-corrected chi connectivity index (χ2v) is 7.02. The fourth-order valence-electron chi connectivity index (χ4n) is 3.17. The number of hydrogen-bond donors (Lipinski definition) is 0. The van der Waals surface area contributed by atoms with Crippen LogP contribution in [0.2, 0.25) is 0 Å². The van der Waals surface area contributed by atoms with Crippen molar-refractivity contribution in [1.29, 1.82) is 0 Å². The Morgan fingerprint density at radius 1 is 1.28 bits per heavy atom. The van der Waals surface area contributed by atoms with E-state index in [1.54, 1.807) is 0 Å². The number of ether oxygens (including phenoxy) is 1. The normalized spacial score (nSPS) is 27.6. The van der Waals surface area contributed by atoms with E-state index in [0.29, 0.717) is 0 Å². The summed E-state index contributed by atoms with van der Waals surface area (Å²) in [5, 5.41) is 0. The number of likely N-dealkylation sites (tertiary alicyclic amines) is 1. The highest BCUT2D eigenvalue weighted by atomic mass is 16.5. The molecule has 0 aliphatic carbocycles. The lowest BCUT2D eigenvalue weighted by Crippen LogP contribution is -2.36. The van der Waals surface area contributed by atoms with Crippen LogP contribution in [0.4, 0.5) is 0 Å². The summed E-state index contributed by atoms with van der Waals surface area (Å²) < 4.78 is 6.25. The maximum absolute atomic E-state index is 6.25. The summed E-state index contributed by atoms with van der Waals surface area (Å²) in [7, 11) is 2.18. The Morgan fingerprint density at radius 3 is 2.67 bits per heavy atom. The summed E-state index contributed by atoms with van der Waals surface area (Å²) in [6, 6.07) is 6.74. The minimum absolute atomic E-state index is 0.0631. The molecule has 0 aromatic heterocycles. The van der Waals surface area contributed by atoms with Gasteiger partial charge in [0.1, 0.15) is 11.4 Å². The Morgan fingerprint density at radius 2 is 2.06 bits per heavy atom. The van der Waals surface area contributed by atoms with Crippen LogP contribution in [0.3, 0.4) is 0 Å². The van der Waals surface area contributed by atoms with Gasteiger partial charge in [0.05, 0.1) is 0 Å². The highest BCUT2D eigenvalue weighted by Gasteiger charge is 2.44. The second kappa shape index (κ2) is 3.74. The molecule has 0 bridgehead atoms. The van der Waals surface area contributed by atoms with Gasteiger partial charge in [-0.3, -0.25) is 0 Å². The van der Waals surface area contributed by atoms with E-state index in [1.165, 1.54) is 11.1 Å². The van der Waals surface area contributed by atoms with Gasteiger partial charge in [0.15, 0.2) is 0 Å². The molecule has 1 aromatic rings. The van der Waals surface area contributed by atoms with E-state index in [-0.39, 0.29) is 11.0 Å². The summed E-state index contributed by atoms with van der Waals surface area (Å²) in [6.45, 7) is 9.02. The average molecular weight is 245 g/mol. The Balaban J connectivity index is 1.90. The maximum atomic E-state index is 6.25. The van der Waals surface area contributed by atoms with Crippen molar-refractivity contribution in [2.24, 2.45) is 0 Å². The first-order valence-electron chi connectivity index (χ1n) is 6.89. The van der Waals surface area contributed by atoms with E-state index in [4.69, 9.17) is 4.74 Å². The molecule has 2 nitrogen and oxygen atoms in total. The molecule has 2 aliphatic heterocycles. The third-order valence-corrected chi connectivity index (χ3v) is 4.27. The quantitative estimate of drug-likeness (QED) is 0.696. The first kappa shape index (κ1) is 12.0. The van der Waals surface area contributed by atoms with E-state index in [0.717, 1.165) is 31.7 Å². The zero-order valence-electron chi connectivity index (χ0n) is 11.9. The molecule has 2 aliphatic rings. The van der Waals surface area contributed by atoms with Crippen LogP contribution in [0.5, 0.6) is 5.75 Å². The molecule has 1 atom stereocenters. The van der Waals surface area contributed by atoms with Gasteiger partial charge in [0.2, 0.25) is 0 Å².